The fraction of sp³-hybridized carbons (Fsp3) is 0.375. The van der Waals surface area contributed by atoms with Crippen molar-refractivity contribution >= 4 is 6.03 Å². The molecule has 3 nitrogen and oxygen atoms in total. The van der Waals surface area contributed by atoms with E-state index in [1.807, 2.05) is 0 Å². The van der Waals surface area contributed by atoms with Crippen LogP contribution < -0.4 is 10.6 Å². The van der Waals surface area contributed by atoms with Gasteiger partial charge in [0.25, 0.3) is 0 Å². The summed E-state index contributed by atoms with van der Waals surface area (Å²) in [4.78, 5) is 10.7. The maximum Gasteiger partial charge on any atom is 0.315 e. The van der Waals surface area contributed by atoms with Gasteiger partial charge >= 0.3 is 6.03 Å². The summed E-state index contributed by atoms with van der Waals surface area (Å²) < 4.78 is 0. The molecule has 0 fully saturated rings. The summed E-state index contributed by atoms with van der Waals surface area (Å²) in [6.07, 6.45) is 7.15. The van der Waals surface area contributed by atoms with Crippen molar-refractivity contribution in [3.63, 3.8) is 0 Å². The minimum absolute atomic E-state index is 0.208. The van der Waals surface area contributed by atoms with Crippen LogP contribution in [-0.4, -0.2) is 19.1 Å². The van der Waals surface area contributed by atoms with Gasteiger partial charge in [0.15, 0.2) is 0 Å². The first-order valence-electron chi connectivity index (χ1n) is 3.37. The number of rotatable bonds is 4. The first-order valence-corrected chi connectivity index (χ1v) is 3.37. The van der Waals surface area contributed by atoms with E-state index in [2.05, 4.69) is 23.1 Å². The lowest BCUT2D eigenvalue weighted by Crippen LogP contribution is -2.35. The van der Waals surface area contributed by atoms with Crippen LogP contribution in [0.1, 0.15) is 6.42 Å². The Balaban J connectivity index is 3.24. The van der Waals surface area contributed by atoms with Crippen molar-refractivity contribution in [3.05, 3.63) is 12.7 Å². The van der Waals surface area contributed by atoms with Crippen molar-refractivity contribution in [1.82, 2.24) is 10.6 Å². The van der Waals surface area contributed by atoms with Gasteiger partial charge in [0.2, 0.25) is 0 Å². The highest BCUT2D eigenvalue weighted by Crippen LogP contribution is 1.71. The quantitative estimate of drug-likeness (QED) is 0.343. The van der Waals surface area contributed by atoms with Crippen molar-refractivity contribution in [2.75, 3.05) is 13.1 Å². The molecular weight excluding hydrogens is 140 g/mol. The zero-order valence-electron chi connectivity index (χ0n) is 6.39. The highest BCUT2D eigenvalue weighted by atomic mass is 16.2. The lowest BCUT2D eigenvalue weighted by molar-refractivity contribution is 0.242. The molecule has 11 heavy (non-hydrogen) atoms. The van der Waals surface area contributed by atoms with Gasteiger partial charge in [-0.1, -0.05) is 6.08 Å². The molecular formula is C8H12N2O. The Hall–Kier alpha value is -1.43. The second-order valence-corrected chi connectivity index (χ2v) is 1.88. The van der Waals surface area contributed by atoms with Gasteiger partial charge in [-0.05, 0) is 0 Å². The Bertz CT molecular complexity index is 169. The number of urea groups is 1. The summed E-state index contributed by atoms with van der Waals surface area (Å²) in [6.45, 7) is 4.44. The van der Waals surface area contributed by atoms with Gasteiger partial charge in [-0.2, -0.15) is 0 Å². The lowest BCUT2D eigenvalue weighted by Gasteiger charge is -2.02. The third-order valence-corrected chi connectivity index (χ3v) is 0.962. The molecule has 0 aromatic rings. The van der Waals surface area contributed by atoms with Crippen LogP contribution in [0.5, 0.6) is 0 Å². The molecule has 0 bridgehead atoms. The van der Waals surface area contributed by atoms with E-state index in [9.17, 15) is 4.79 Å². The highest BCUT2D eigenvalue weighted by Gasteiger charge is 1.93. The fourth-order valence-corrected chi connectivity index (χ4v) is 0.476. The standard InChI is InChI=1S/C8H12N2O/c1-3-5-7-10-8(11)9-6-4-2/h1,4H,2,5-7H2,(H2,9,10,11). The van der Waals surface area contributed by atoms with Gasteiger partial charge in [0.05, 0.1) is 0 Å². The monoisotopic (exact) mass is 152 g/mol. The SMILES string of the molecule is C#CCCNC(=O)NCC=C. The summed E-state index contributed by atoms with van der Waals surface area (Å²) in [5.74, 6) is 2.42. The van der Waals surface area contributed by atoms with Gasteiger partial charge in [0.1, 0.15) is 0 Å². The van der Waals surface area contributed by atoms with Crippen LogP contribution >= 0.6 is 0 Å². The maximum absolute atomic E-state index is 10.7. The predicted molar refractivity (Wildman–Crippen MR) is 45.0 cm³/mol. The molecule has 3 heteroatoms. The molecule has 60 valence electrons. The van der Waals surface area contributed by atoms with E-state index >= 15 is 0 Å². The molecule has 0 aromatic heterocycles. The third kappa shape index (κ3) is 6.46. The van der Waals surface area contributed by atoms with Crippen LogP contribution in [0.25, 0.3) is 0 Å². The van der Waals surface area contributed by atoms with Crippen LogP contribution in [-0.2, 0) is 0 Å². The second-order valence-electron chi connectivity index (χ2n) is 1.88. The Labute approximate surface area is 66.9 Å². The van der Waals surface area contributed by atoms with Crippen molar-refractivity contribution in [1.29, 1.82) is 0 Å². The molecule has 0 aliphatic heterocycles. The van der Waals surface area contributed by atoms with E-state index in [-0.39, 0.29) is 6.03 Å². The summed E-state index contributed by atoms with van der Waals surface area (Å²) in [5, 5.41) is 5.13. The van der Waals surface area contributed by atoms with Crippen LogP contribution in [0.4, 0.5) is 4.79 Å². The first kappa shape index (κ1) is 9.57. The van der Waals surface area contributed by atoms with Gasteiger partial charge in [-0.3, -0.25) is 0 Å². The molecule has 0 saturated heterocycles. The molecule has 0 unspecified atom stereocenters. The molecule has 0 heterocycles. The third-order valence-electron chi connectivity index (χ3n) is 0.962. The minimum atomic E-state index is -0.208. The molecule has 2 amide bonds. The van der Waals surface area contributed by atoms with Crippen molar-refractivity contribution in [2.45, 2.75) is 6.42 Å². The Morgan fingerprint density at radius 1 is 1.64 bits per heavy atom. The fourth-order valence-electron chi connectivity index (χ4n) is 0.476. The average molecular weight is 152 g/mol. The number of nitrogens with one attached hydrogen (secondary N) is 2. The highest BCUT2D eigenvalue weighted by molar-refractivity contribution is 5.73. The van der Waals surface area contributed by atoms with Crippen LogP contribution in [0.3, 0.4) is 0 Å². The molecule has 0 spiro atoms. The van der Waals surface area contributed by atoms with Crippen LogP contribution in [0, 0.1) is 12.3 Å². The lowest BCUT2D eigenvalue weighted by atomic mass is 10.4. The zero-order valence-corrected chi connectivity index (χ0v) is 6.39. The van der Waals surface area contributed by atoms with Gasteiger partial charge < -0.3 is 10.6 Å². The first-order chi connectivity index (χ1) is 5.31. The van der Waals surface area contributed by atoms with Gasteiger partial charge in [-0.15, -0.1) is 18.9 Å². The summed E-state index contributed by atoms with van der Waals surface area (Å²) in [5.41, 5.74) is 0. The summed E-state index contributed by atoms with van der Waals surface area (Å²) >= 11 is 0. The molecule has 0 atom stereocenters. The number of terminal acetylenes is 1. The van der Waals surface area contributed by atoms with E-state index in [4.69, 9.17) is 6.42 Å². The average Bonchev–Trinajstić information content (AvgIpc) is 2.01. The number of carbonyl (C=O) groups is 1. The molecule has 2 N–H and O–H groups in total. The second kappa shape index (κ2) is 6.69. The smallest absolute Gasteiger partial charge is 0.315 e. The molecule has 0 radical (unpaired) electrons. The Kier molecular flexibility index (Phi) is 5.82. The van der Waals surface area contributed by atoms with E-state index in [1.54, 1.807) is 6.08 Å². The minimum Gasteiger partial charge on any atom is -0.337 e. The molecule has 0 aliphatic rings. The van der Waals surface area contributed by atoms with E-state index < -0.39 is 0 Å². The number of amides is 2. The Morgan fingerprint density at radius 3 is 2.91 bits per heavy atom. The summed E-state index contributed by atoms with van der Waals surface area (Å²) in [6, 6.07) is -0.208. The number of carbonyl (C=O) groups excluding carboxylic acids is 1. The molecule has 0 saturated carbocycles. The molecule has 0 aromatic carbocycles. The van der Waals surface area contributed by atoms with Gasteiger partial charge in [0, 0.05) is 19.5 Å². The largest absolute Gasteiger partial charge is 0.337 e. The topological polar surface area (TPSA) is 41.1 Å². The van der Waals surface area contributed by atoms with Crippen molar-refractivity contribution < 1.29 is 4.79 Å². The maximum atomic E-state index is 10.7. The molecule has 0 rings (SSSR count). The normalized spacial score (nSPS) is 7.91. The van der Waals surface area contributed by atoms with Crippen molar-refractivity contribution in [3.8, 4) is 12.3 Å². The predicted octanol–water partition coefficient (Wildman–Crippen LogP) is 0.495. The molecule has 0 aliphatic carbocycles. The number of hydrogen-bond donors (Lipinski definition) is 2. The van der Waals surface area contributed by atoms with E-state index in [0.29, 0.717) is 19.5 Å². The van der Waals surface area contributed by atoms with Crippen LogP contribution in [0.15, 0.2) is 12.7 Å². The zero-order chi connectivity index (χ0) is 8.53. The Morgan fingerprint density at radius 2 is 2.36 bits per heavy atom. The van der Waals surface area contributed by atoms with Crippen LogP contribution in [0.2, 0.25) is 0 Å². The number of hydrogen-bond acceptors (Lipinski definition) is 1. The van der Waals surface area contributed by atoms with Crippen molar-refractivity contribution in [2.24, 2.45) is 0 Å². The van der Waals surface area contributed by atoms with E-state index in [0.717, 1.165) is 0 Å². The van der Waals surface area contributed by atoms with Gasteiger partial charge in [-0.25, -0.2) is 4.79 Å². The summed E-state index contributed by atoms with van der Waals surface area (Å²) in [7, 11) is 0. The van der Waals surface area contributed by atoms with E-state index in [1.165, 1.54) is 0 Å².